The van der Waals surface area contributed by atoms with Crippen molar-refractivity contribution < 1.29 is 18.9 Å². The molecule has 0 unspecified atom stereocenters. The normalized spacial score (nSPS) is 12.0. The summed E-state index contributed by atoms with van der Waals surface area (Å²) in [5, 5.41) is 13.7. The fraction of sp³-hybridized carbons (Fsp3) is 0.263. The lowest BCUT2D eigenvalue weighted by Crippen LogP contribution is -2.32. The molecule has 9 nitrogen and oxygen atoms in total. The van der Waals surface area contributed by atoms with Crippen molar-refractivity contribution in [3.05, 3.63) is 68.2 Å². The predicted molar refractivity (Wildman–Crippen MR) is 101 cm³/mol. The maximum atomic E-state index is 12.5. The lowest BCUT2D eigenvalue weighted by Gasteiger charge is -2.18. The van der Waals surface area contributed by atoms with Crippen LogP contribution in [-0.2, 0) is 11.3 Å². The first-order valence-corrected chi connectivity index (χ1v) is 8.52. The molecule has 3 aromatic rings. The lowest BCUT2D eigenvalue weighted by atomic mass is 10.0. The molecular weight excluding hydrogens is 366 g/mol. The van der Waals surface area contributed by atoms with Crippen LogP contribution in [-0.4, -0.2) is 22.5 Å². The van der Waals surface area contributed by atoms with E-state index in [1.165, 1.54) is 12.1 Å². The Balaban J connectivity index is 1.82. The number of oxazole rings is 1. The summed E-state index contributed by atoms with van der Waals surface area (Å²) in [6, 6.07) is 9.11. The number of nitrogens with one attached hydrogen (secondary N) is 1. The molecule has 146 valence electrons. The number of nitrogens with zero attached hydrogens (tertiary/aromatic N) is 2. The molecule has 1 atom stereocenters. The van der Waals surface area contributed by atoms with Gasteiger partial charge in [0.1, 0.15) is 12.3 Å². The van der Waals surface area contributed by atoms with Crippen molar-refractivity contribution in [2.75, 3.05) is 7.11 Å². The van der Waals surface area contributed by atoms with Crippen LogP contribution in [0.5, 0.6) is 5.75 Å². The van der Waals surface area contributed by atoms with E-state index in [0.29, 0.717) is 11.3 Å². The van der Waals surface area contributed by atoms with Crippen LogP contribution in [0.4, 0.5) is 5.69 Å². The second-order valence-corrected chi connectivity index (χ2v) is 6.40. The zero-order valence-corrected chi connectivity index (χ0v) is 15.6. The molecule has 0 aliphatic carbocycles. The van der Waals surface area contributed by atoms with Gasteiger partial charge < -0.3 is 14.5 Å². The van der Waals surface area contributed by atoms with Gasteiger partial charge in [0, 0.05) is 11.6 Å². The molecule has 2 aromatic carbocycles. The Bertz CT molecular complexity index is 1110. The van der Waals surface area contributed by atoms with Gasteiger partial charge in [-0.3, -0.25) is 19.5 Å². The number of amides is 1. The van der Waals surface area contributed by atoms with Crippen LogP contribution in [0, 0.1) is 17.0 Å². The molecule has 0 radical (unpaired) electrons. The molecule has 0 saturated carbocycles. The van der Waals surface area contributed by atoms with Gasteiger partial charge in [0.25, 0.3) is 5.69 Å². The van der Waals surface area contributed by atoms with Crippen molar-refractivity contribution in [3.8, 4) is 5.75 Å². The summed E-state index contributed by atoms with van der Waals surface area (Å²) in [7, 11) is 1.55. The minimum atomic E-state index is -0.758. The molecule has 28 heavy (non-hydrogen) atoms. The number of rotatable bonds is 6. The van der Waals surface area contributed by atoms with Crippen molar-refractivity contribution in [3.63, 3.8) is 0 Å². The Hall–Kier alpha value is -3.62. The van der Waals surface area contributed by atoms with E-state index in [1.54, 1.807) is 7.11 Å². The van der Waals surface area contributed by atoms with Crippen molar-refractivity contribution in [2.24, 2.45) is 0 Å². The van der Waals surface area contributed by atoms with Crippen molar-refractivity contribution in [1.29, 1.82) is 0 Å². The molecule has 3 rings (SSSR count). The monoisotopic (exact) mass is 385 g/mol. The van der Waals surface area contributed by atoms with E-state index in [1.807, 2.05) is 32.0 Å². The standard InChI is InChI=1S/C19H19N3O6/c1-11-4-7-16(27-3)14(8-11)12(2)20-18(23)10-21-15-6-5-13(22(25)26)9-17(15)28-19(21)24/h4-9,12H,10H2,1-3H3,(H,20,23)/t12-/m0/s1. The molecule has 0 bridgehead atoms. The summed E-state index contributed by atoms with van der Waals surface area (Å²) >= 11 is 0. The van der Waals surface area contributed by atoms with Gasteiger partial charge in [-0.15, -0.1) is 0 Å². The third-order valence-corrected chi connectivity index (χ3v) is 4.39. The fourth-order valence-electron chi connectivity index (χ4n) is 3.02. The Labute approximate surface area is 159 Å². The summed E-state index contributed by atoms with van der Waals surface area (Å²) in [6.07, 6.45) is 0. The van der Waals surface area contributed by atoms with E-state index in [4.69, 9.17) is 9.15 Å². The van der Waals surface area contributed by atoms with Gasteiger partial charge in [0.2, 0.25) is 5.91 Å². The number of nitro benzene ring substituents is 1. The highest BCUT2D eigenvalue weighted by Gasteiger charge is 2.18. The van der Waals surface area contributed by atoms with Crippen LogP contribution in [0.3, 0.4) is 0 Å². The quantitative estimate of drug-likeness (QED) is 0.515. The molecule has 0 aliphatic heterocycles. The Morgan fingerprint density at radius 2 is 2.07 bits per heavy atom. The van der Waals surface area contributed by atoms with Gasteiger partial charge in [-0.2, -0.15) is 0 Å². The Kier molecular flexibility index (Phi) is 5.16. The van der Waals surface area contributed by atoms with Crippen molar-refractivity contribution in [2.45, 2.75) is 26.4 Å². The first kappa shape index (κ1) is 19.2. The first-order valence-electron chi connectivity index (χ1n) is 8.52. The fourth-order valence-corrected chi connectivity index (χ4v) is 3.02. The second-order valence-electron chi connectivity index (χ2n) is 6.40. The highest BCUT2D eigenvalue weighted by Crippen LogP contribution is 2.26. The third-order valence-electron chi connectivity index (χ3n) is 4.39. The Morgan fingerprint density at radius 3 is 2.75 bits per heavy atom. The maximum absolute atomic E-state index is 12.5. The molecule has 9 heteroatoms. The molecule has 0 saturated heterocycles. The molecular formula is C19H19N3O6. The van der Waals surface area contributed by atoms with Gasteiger partial charge in [-0.25, -0.2) is 4.79 Å². The number of nitro groups is 1. The largest absolute Gasteiger partial charge is 0.496 e. The average Bonchev–Trinajstić information content (AvgIpc) is 2.96. The number of hydrogen-bond donors (Lipinski definition) is 1. The summed E-state index contributed by atoms with van der Waals surface area (Å²) in [6.45, 7) is 3.48. The Morgan fingerprint density at radius 1 is 1.32 bits per heavy atom. The number of aromatic nitrogens is 1. The van der Waals surface area contributed by atoms with Gasteiger partial charge in [0.05, 0.1) is 29.7 Å². The zero-order chi connectivity index (χ0) is 20.4. The summed E-state index contributed by atoms with van der Waals surface area (Å²) < 4.78 is 11.5. The van der Waals surface area contributed by atoms with E-state index >= 15 is 0 Å². The molecule has 1 N–H and O–H groups in total. The smallest absolute Gasteiger partial charge is 0.420 e. The highest BCUT2D eigenvalue weighted by molar-refractivity contribution is 5.81. The molecule has 1 aromatic heterocycles. The van der Waals surface area contributed by atoms with Crippen LogP contribution in [0.25, 0.3) is 11.1 Å². The van der Waals surface area contributed by atoms with Crippen LogP contribution < -0.4 is 15.8 Å². The molecule has 1 heterocycles. The minimum absolute atomic E-state index is 0.0559. The number of carbonyl (C=O) groups is 1. The second kappa shape index (κ2) is 7.55. The predicted octanol–water partition coefficient (Wildman–Crippen LogP) is 2.70. The lowest BCUT2D eigenvalue weighted by molar-refractivity contribution is -0.384. The first-order chi connectivity index (χ1) is 13.3. The number of hydrogen-bond acceptors (Lipinski definition) is 6. The van der Waals surface area contributed by atoms with E-state index in [9.17, 15) is 19.7 Å². The molecule has 0 aliphatic rings. The number of methoxy groups -OCH3 is 1. The topological polar surface area (TPSA) is 117 Å². The van der Waals surface area contributed by atoms with E-state index < -0.39 is 16.6 Å². The van der Waals surface area contributed by atoms with E-state index in [0.717, 1.165) is 21.8 Å². The maximum Gasteiger partial charge on any atom is 0.420 e. The van der Waals surface area contributed by atoms with Crippen LogP contribution >= 0.6 is 0 Å². The SMILES string of the molecule is COc1ccc(C)cc1[C@H](C)NC(=O)Cn1c(=O)oc2cc([N+](=O)[O-])ccc21. The summed E-state index contributed by atoms with van der Waals surface area (Å²) in [5.74, 6) is -0.512. The van der Waals surface area contributed by atoms with Crippen molar-refractivity contribution >= 4 is 22.7 Å². The number of ether oxygens (including phenoxy) is 1. The van der Waals surface area contributed by atoms with Crippen LogP contribution in [0.15, 0.2) is 45.6 Å². The number of carbonyl (C=O) groups excluding carboxylic acids is 1. The third kappa shape index (κ3) is 3.73. The van der Waals surface area contributed by atoms with Gasteiger partial charge in [0.15, 0.2) is 5.58 Å². The summed E-state index contributed by atoms with van der Waals surface area (Å²) in [4.78, 5) is 34.8. The minimum Gasteiger partial charge on any atom is -0.496 e. The number of non-ortho nitro benzene ring substituents is 1. The van der Waals surface area contributed by atoms with Crippen LogP contribution in [0.2, 0.25) is 0 Å². The zero-order valence-electron chi connectivity index (χ0n) is 15.6. The van der Waals surface area contributed by atoms with Crippen LogP contribution in [0.1, 0.15) is 24.1 Å². The van der Waals surface area contributed by atoms with Gasteiger partial charge >= 0.3 is 5.76 Å². The van der Waals surface area contributed by atoms with E-state index in [-0.39, 0.29) is 23.9 Å². The number of fused-ring (bicyclic) bond motifs is 1. The highest BCUT2D eigenvalue weighted by atomic mass is 16.6. The number of aryl methyl sites for hydroxylation is 1. The van der Waals surface area contributed by atoms with Crippen molar-refractivity contribution in [1.82, 2.24) is 9.88 Å². The number of benzene rings is 2. The van der Waals surface area contributed by atoms with E-state index in [2.05, 4.69) is 5.32 Å². The summed E-state index contributed by atoms with van der Waals surface area (Å²) in [5.41, 5.74) is 2.01. The van der Waals surface area contributed by atoms with Gasteiger partial charge in [-0.05, 0) is 26.0 Å². The molecule has 0 spiro atoms. The van der Waals surface area contributed by atoms with Gasteiger partial charge in [-0.1, -0.05) is 17.7 Å². The molecule has 0 fully saturated rings. The average molecular weight is 385 g/mol. The molecule has 1 amide bonds.